The van der Waals surface area contributed by atoms with Crippen LogP contribution in [0.2, 0.25) is 0 Å². The Morgan fingerprint density at radius 2 is 1.92 bits per heavy atom. The Hall–Kier alpha value is -2.08. The molecule has 138 valence electrons. The zero-order chi connectivity index (χ0) is 18.7. The monoisotopic (exact) mass is 479 g/mol. The number of hydroxylamine groups is 1. The molecule has 0 radical (unpaired) electrons. The minimum atomic E-state index is -4.72. The first-order chi connectivity index (χ1) is 12.4. The third-order valence-electron chi connectivity index (χ3n) is 3.44. The van der Waals surface area contributed by atoms with Crippen LogP contribution in [0, 0.1) is 3.57 Å². The van der Waals surface area contributed by atoms with E-state index in [1.165, 1.54) is 31.4 Å². The van der Waals surface area contributed by atoms with Crippen LogP contribution in [-0.4, -0.2) is 30.9 Å². The van der Waals surface area contributed by atoms with Gasteiger partial charge in [-0.25, -0.2) is 10.5 Å². The summed E-state index contributed by atoms with van der Waals surface area (Å²) >= 11 is 2.10. The van der Waals surface area contributed by atoms with E-state index in [4.69, 9.17) is 9.57 Å². The fraction of sp³-hybridized carbons (Fsp3) is 0.250. The molecule has 0 aliphatic carbocycles. The van der Waals surface area contributed by atoms with Crippen molar-refractivity contribution in [2.24, 2.45) is 4.99 Å². The summed E-state index contributed by atoms with van der Waals surface area (Å²) in [5, 5.41) is 0. The van der Waals surface area contributed by atoms with Gasteiger partial charge in [-0.15, -0.1) is 13.2 Å². The second kappa shape index (κ2) is 7.66. The highest BCUT2D eigenvalue weighted by Gasteiger charge is 2.31. The maximum absolute atomic E-state index is 12.2. The lowest BCUT2D eigenvalue weighted by Crippen LogP contribution is -2.33. The van der Waals surface area contributed by atoms with Gasteiger partial charge in [-0.1, -0.05) is 12.1 Å². The molecule has 1 aliphatic heterocycles. The molecule has 0 saturated heterocycles. The SMILES string of the molecule is COc1nc(C2=NC(c3ccc(OC(F)(F)F)cc3)CON2)ccc1I. The number of pyridine rings is 1. The van der Waals surface area contributed by atoms with Crippen molar-refractivity contribution in [1.29, 1.82) is 0 Å². The number of aromatic nitrogens is 1. The van der Waals surface area contributed by atoms with E-state index in [1.54, 1.807) is 6.07 Å². The van der Waals surface area contributed by atoms with Crippen molar-refractivity contribution >= 4 is 28.4 Å². The Kier molecular flexibility index (Phi) is 5.51. The fourth-order valence-corrected chi connectivity index (χ4v) is 2.81. The van der Waals surface area contributed by atoms with Gasteiger partial charge in [0.2, 0.25) is 5.88 Å². The smallest absolute Gasteiger partial charge is 0.480 e. The fourth-order valence-electron chi connectivity index (χ4n) is 2.29. The van der Waals surface area contributed by atoms with Gasteiger partial charge < -0.3 is 9.47 Å². The molecule has 0 bridgehead atoms. The number of alkyl halides is 3. The molecule has 1 atom stereocenters. The van der Waals surface area contributed by atoms with Crippen molar-refractivity contribution in [2.45, 2.75) is 12.4 Å². The first-order valence-electron chi connectivity index (χ1n) is 7.38. The van der Waals surface area contributed by atoms with Crippen LogP contribution >= 0.6 is 22.6 Å². The molecule has 2 aromatic rings. The minimum Gasteiger partial charge on any atom is -0.480 e. The number of nitrogens with one attached hydrogen (secondary N) is 1. The van der Waals surface area contributed by atoms with Crippen LogP contribution in [0.1, 0.15) is 17.3 Å². The first-order valence-corrected chi connectivity index (χ1v) is 8.46. The molecule has 1 aliphatic rings. The molecule has 0 spiro atoms. The molecule has 0 saturated carbocycles. The molecule has 10 heteroatoms. The molecule has 2 heterocycles. The summed E-state index contributed by atoms with van der Waals surface area (Å²) in [6, 6.07) is 8.73. The number of nitrogens with zero attached hydrogens (tertiary/aromatic N) is 2. The highest BCUT2D eigenvalue weighted by atomic mass is 127. The van der Waals surface area contributed by atoms with E-state index in [0.29, 0.717) is 23.0 Å². The van der Waals surface area contributed by atoms with Gasteiger partial charge in [0.1, 0.15) is 24.1 Å². The van der Waals surface area contributed by atoms with E-state index in [-0.39, 0.29) is 12.4 Å². The summed E-state index contributed by atoms with van der Waals surface area (Å²) in [4.78, 5) is 14.2. The van der Waals surface area contributed by atoms with Gasteiger partial charge in [0, 0.05) is 0 Å². The van der Waals surface area contributed by atoms with Crippen molar-refractivity contribution in [3.63, 3.8) is 0 Å². The highest BCUT2D eigenvalue weighted by Crippen LogP contribution is 2.27. The number of hydrogen-bond donors (Lipinski definition) is 1. The van der Waals surface area contributed by atoms with E-state index in [1.807, 2.05) is 6.07 Å². The summed E-state index contributed by atoms with van der Waals surface area (Å²) in [5.74, 6) is 0.583. The van der Waals surface area contributed by atoms with Crippen LogP contribution in [0.5, 0.6) is 11.6 Å². The Morgan fingerprint density at radius 3 is 2.58 bits per heavy atom. The Bertz CT molecular complexity index is 813. The van der Waals surface area contributed by atoms with Gasteiger partial charge >= 0.3 is 6.36 Å². The number of benzene rings is 1. The number of aliphatic imine (C=N–C) groups is 1. The molecule has 6 nitrogen and oxygen atoms in total. The van der Waals surface area contributed by atoms with Crippen molar-refractivity contribution in [3.05, 3.63) is 51.2 Å². The topological polar surface area (TPSA) is 65.0 Å². The van der Waals surface area contributed by atoms with Crippen molar-refractivity contribution in [1.82, 2.24) is 10.5 Å². The zero-order valence-corrected chi connectivity index (χ0v) is 15.5. The zero-order valence-electron chi connectivity index (χ0n) is 13.4. The number of hydrogen-bond acceptors (Lipinski definition) is 6. The van der Waals surface area contributed by atoms with E-state index in [9.17, 15) is 13.2 Å². The molecule has 0 fully saturated rings. The molecular formula is C16H13F3IN3O3. The maximum Gasteiger partial charge on any atom is 0.573 e. The second-order valence-corrected chi connectivity index (χ2v) is 6.37. The van der Waals surface area contributed by atoms with Crippen LogP contribution in [0.25, 0.3) is 0 Å². The minimum absolute atomic E-state index is 0.227. The van der Waals surface area contributed by atoms with Gasteiger partial charge in [-0.05, 0) is 52.4 Å². The maximum atomic E-state index is 12.2. The number of rotatable bonds is 4. The van der Waals surface area contributed by atoms with Crippen LogP contribution in [0.4, 0.5) is 13.2 Å². The van der Waals surface area contributed by atoms with Crippen LogP contribution in [0.3, 0.4) is 0 Å². The van der Waals surface area contributed by atoms with Crippen LogP contribution in [-0.2, 0) is 4.84 Å². The van der Waals surface area contributed by atoms with Crippen molar-refractivity contribution in [3.8, 4) is 11.6 Å². The average Bonchev–Trinajstić information content (AvgIpc) is 2.61. The lowest BCUT2D eigenvalue weighted by molar-refractivity contribution is -0.274. The summed E-state index contributed by atoms with van der Waals surface area (Å²) < 4.78 is 46.6. The van der Waals surface area contributed by atoms with E-state index < -0.39 is 12.4 Å². The third kappa shape index (κ3) is 4.55. The van der Waals surface area contributed by atoms with Gasteiger partial charge in [-0.3, -0.25) is 9.83 Å². The molecule has 1 unspecified atom stereocenters. The lowest BCUT2D eigenvalue weighted by Gasteiger charge is -2.22. The molecule has 3 rings (SSSR count). The van der Waals surface area contributed by atoms with Gasteiger partial charge in [-0.2, -0.15) is 0 Å². The van der Waals surface area contributed by atoms with E-state index in [2.05, 4.69) is 42.8 Å². The highest BCUT2D eigenvalue weighted by molar-refractivity contribution is 14.1. The third-order valence-corrected chi connectivity index (χ3v) is 4.26. The largest absolute Gasteiger partial charge is 0.573 e. The summed E-state index contributed by atoms with van der Waals surface area (Å²) in [5.41, 5.74) is 3.93. The van der Waals surface area contributed by atoms with Gasteiger partial charge in [0.25, 0.3) is 0 Å². The van der Waals surface area contributed by atoms with E-state index in [0.717, 1.165) is 3.57 Å². The van der Waals surface area contributed by atoms with Gasteiger partial charge in [0.05, 0.1) is 10.7 Å². The van der Waals surface area contributed by atoms with Crippen molar-refractivity contribution < 1.29 is 27.5 Å². The Balaban J connectivity index is 1.82. The normalized spacial score (nSPS) is 17.3. The summed E-state index contributed by atoms with van der Waals surface area (Å²) in [7, 11) is 1.52. The van der Waals surface area contributed by atoms with Crippen molar-refractivity contribution in [2.75, 3.05) is 13.7 Å². The lowest BCUT2D eigenvalue weighted by atomic mass is 10.1. The van der Waals surface area contributed by atoms with Crippen LogP contribution in [0.15, 0.2) is 41.4 Å². The predicted octanol–water partition coefficient (Wildman–Crippen LogP) is 3.62. The molecule has 1 aromatic carbocycles. The molecule has 0 amide bonds. The quantitative estimate of drug-likeness (QED) is 0.680. The van der Waals surface area contributed by atoms with Gasteiger partial charge in [0.15, 0.2) is 5.84 Å². The molecule has 1 aromatic heterocycles. The number of ether oxygens (including phenoxy) is 2. The number of methoxy groups -OCH3 is 1. The number of halogens is 4. The predicted molar refractivity (Wildman–Crippen MR) is 95.0 cm³/mol. The van der Waals surface area contributed by atoms with Crippen LogP contribution < -0.4 is 15.0 Å². The standard InChI is InChI=1S/C16H13F3IN3O3/c1-24-15-11(20)6-7-12(22-15)14-21-13(8-25-23-14)9-2-4-10(5-3-9)26-16(17,18)19/h2-7,13H,8H2,1H3,(H,21,23). The average molecular weight is 479 g/mol. The molecule has 26 heavy (non-hydrogen) atoms. The van der Waals surface area contributed by atoms with E-state index >= 15 is 0 Å². The molecular weight excluding hydrogens is 466 g/mol. The number of amidine groups is 1. The summed E-state index contributed by atoms with van der Waals surface area (Å²) in [6.07, 6.45) is -4.72. The molecule has 1 N–H and O–H groups in total. The first kappa shape index (κ1) is 18.7. The summed E-state index contributed by atoms with van der Waals surface area (Å²) in [6.45, 7) is 0.227. The Labute approximate surface area is 160 Å². The second-order valence-electron chi connectivity index (χ2n) is 5.21. The Morgan fingerprint density at radius 1 is 1.19 bits per heavy atom.